The summed E-state index contributed by atoms with van der Waals surface area (Å²) in [6.45, 7) is 7.19. The second-order valence-corrected chi connectivity index (χ2v) is 6.33. The molecule has 8 heteroatoms. The van der Waals surface area contributed by atoms with Crippen LogP contribution < -0.4 is 21.3 Å². The van der Waals surface area contributed by atoms with E-state index in [-0.39, 0.29) is 0 Å². The molecule has 140 valence electrons. The van der Waals surface area contributed by atoms with Gasteiger partial charge in [-0.05, 0) is 51.5 Å². The molecule has 0 saturated heterocycles. The van der Waals surface area contributed by atoms with E-state index in [0.29, 0.717) is 44.3 Å². The summed E-state index contributed by atoms with van der Waals surface area (Å²) in [4.78, 5) is 15.9. The van der Waals surface area contributed by atoms with Crippen LogP contribution in [0.15, 0.2) is 24.3 Å². The van der Waals surface area contributed by atoms with Gasteiger partial charge in [0.05, 0.1) is 0 Å². The van der Waals surface area contributed by atoms with Gasteiger partial charge in [-0.15, -0.1) is 0 Å². The molecule has 25 heavy (non-hydrogen) atoms. The highest BCUT2D eigenvalue weighted by atomic mass is 16.6. The van der Waals surface area contributed by atoms with Gasteiger partial charge >= 0.3 is 6.09 Å². The van der Waals surface area contributed by atoms with Gasteiger partial charge in [-0.25, -0.2) is 10.7 Å². The largest absolute Gasteiger partial charge is 0.491 e. The van der Waals surface area contributed by atoms with E-state index in [2.05, 4.69) is 15.5 Å². The number of hydrogen-bond acceptors (Lipinski definition) is 6. The van der Waals surface area contributed by atoms with Crippen LogP contribution in [0.4, 0.5) is 4.79 Å². The Morgan fingerprint density at radius 3 is 2.36 bits per heavy atom. The zero-order valence-corrected chi connectivity index (χ0v) is 15.1. The molecule has 1 rings (SSSR count). The van der Waals surface area contributed by atoms with E-state index >= 15 is 0 Å². The Labute approximate surface area is 148 Å². The predicted molar refractivity (Wildman–Crippen MR) is 95.8 cm³/mol. The number of carbonyl (C=O) groups excluding carboxylic acids is 1. The summed E-state index contributed by atoms with van der Waals surface area (Å²) >= 11 is 0. The van der Waals surface area contributed by atoms with Crippen LogP contribution in [0.2, 0.25) is 0 Å². The highest BCUT2D eigenvalue weighted by Crippen LogP contribution is 2.12. The minimum absolute atomic E-state index is 0.314. The fraction of sp³-hybridized carbons (Fsp3) is 0.529. The monoisotopic (exact) mass is 352 g/mol. The standard InChI is InChI=1S/C17H28N4O4/c1-17(2,3)25-16(22)21-10-4-9-20-15(18)13-5-7-14(8-6-13)23-11-12-24-19/h5-8H,4,9-12,19H2,1-3H3,(H2,18,20)(H,21,22). The second-order valence-electron chi connectivity index (χ2n) is 6.33. The van der Waals surface area contributed by atoms with E-state index in [1.807, 2.05) is 20.8 Å². The molecular weight excluding hydrogens is 324 g/mol. The molecule has 0 unspecified atom stereocenters. The number of amidine groups is 1. The lowest BCUT2D eigenvalue weighted by molar-refractivity contribution is 0.0527. The summed E-state index contributed by atoms with van der Waals surface area (Å²) in [7, 11) is 0. The molecule has 8 nitrogen and oxygen atoms in total. The van der Waals surface area contributed by atoms with Gasteiger partial charge in [-0.2, -0.15) is 0 Å². The van der Waals surface area contributed by atoms with Gasteiger partial charge in [0.1, 0.15) is 30.4 Å². The maximum Gasteiger partial charge on any atom is 0.407 e. The minimum atomic E-state index is -0.502. The van der Waals surface area contributed by atoms with Gasteiger partial charge in [-0.3, -0.25) is 5.41 Å². The minimum Gasteiger partial charge on any atom is -0.491 e. The first-order valence-corrected chi connectivity index (χ1v) is 8.16. The highest BCUT2D eigenvalue weighted by Gasteiger charge is 2.15. The van der Waals surface area contributed by atoms with Gasteiger partial charge in [0.25, 0.3) is 0 Å². The van der Waals surface area contributed by atoms with Gasteiger partial charge in [0, 0.05) is 18.7 Å². The average Bonchev–Trinajstić information content (AvgIpc) is 2.53. The summed E-state index contributed by atoms with van der Waals surface area (Å²) in [5.41, 5.74) is 0.250. The van der Waals surface area contributed by atoms with E-state index in [9.17, 15) is 4.79 Å². The molecule has 0 spiro atoms. The van der Waals surface area contributed by atoms with Crippen molar-refractivity contribution in [3.8, 4) is 5.75 Å². The van der Waals surface area contributed by atoms with Crippen LogP contribution in [0, 0.1) is 5.41 Å². The third kappa shape index (κ3) is 9.53. The van der Waals surface area contributed by atoms with Crippen LogP contribution in [0.5, 0.6) is 5.75 Å². The smallest absolute Gasteiger partial charge is 0.407 e. The van der Waals surface area contributed by atoms with Crippen molar-refractivity contribution < 1.29 is 19.1 Å². The molecule has 0 radical (unpaired) electrons. The highest BCUT2D eigenvalue weighted by molar-refractivity contribution is 5.96. The molecule has 0 atom stereocenters. The maximum absolute atomic E-state index is 11.5. The predicted octanol–water partition coefficient (Wildman–Crippen LogP) is 1.79. The first-order chi connectivity index (χ1) is 11.8. The maximum atomic E-state index is 11.5. The Balaban J connectivity index is 2.22. The van der Waals surface area contributed by atoms with Crippen molar-refractivity contribution in [3.05, 3.63) is 29.8 Å². The third-order valence-electron chi connectivity index (χ3n) is 2.94. The van der Waals surface area contributed by atoms with Crippen LogP contribution in [-0.4, -0.2) is 43.8 Å². The van der Waals surface area contributed by atoms with E-state index < -0.39 is 11.7 Å². The SMILES string of the molecule is CC(C)(C)OC(=O)NCCCNC(=N)c1ccc(OCCON)cc1. The summed E-state index contributed by atoms with van der Waals surface area (Å²) in [6.07, 6.45) is 0.250. The lowest BCUT2D eigenvalue weighted by Gasteiger charge is -2.19. The normalized spacial score (nSPS) is 10.9. The number of nitrogens with one attached hydrogen (secondary N) is 3. The molecule has 0 saturated carbocycles. The molecule has 5 N–H and O–H groups in total. The topological polar surface area (TPSA) is 119 Å². The Morgan fingerprint density at radius 2 is 1.76 bits per heavy atom. The quantitative estimate of drug-likeness (QED) is 0.233. The van der Waals surface area contributed by atoms with Crippen molar-refractivity contribution in [2.24, 2.45) is 5.90 Å². The molecule has 0 fully saturated rings. The van der Waals surface area contributed by atoms with Crippen LogP contribution in [0.1, 0.15) is 32.8 Å². The molecule has 0 aliphatic heterocycles. The van der Waals surface area contributed by atoms with Gasteiger partial charge in [0.2, 0.25) is 0 Å². The summed E-state index contributed by atoms with van der Waals surface area (Å²) < 4.78 is 10.5. The van der Waals surface area contributed by atoms with E-state index in [1.54, 1.807) is 24.3 Å². The van der Waals surface area contributed by atoms with Crippen molar-refractivity contribution in [2.75, 3.05) is 26.3 Å². The number of hydrogen-bond donors (Lipinski definition) is 4. The summed E-state index contributed by atoms with van der Waals surface area (Å²) in [6, 6.07) is 7.16. The molecule has 0 aliphatic rings. The Kier molecular flexibility index (Phi) is 8.73. The fourth-order valence-electron chi connectivity index (χ4n) is 1.83. The van der Waals surface area contributed by atoms with E-state index in [4.69, 9.17) is 20.8 Å². The fourth-order valence-corrected chi connectivity index (χ4v) is 1.83. The number of rotatable bonds is 9. The van der Waals surface area contributed by atoms with Crippen molar-refractivity contribution in [2.45, 2.75) is 32.8 Å². The first kappa shape index (κ1) is 20.7. The molecule has 1 amide bonds. The molecule has 0 aliphatic carbocycles. The lowest BCUT2D eigenvalue weighted by atomic mass is 10.2. The third-order valence-corrected chi connectivity index (χ3v) is 2.94. The summed E-state index contributed by atoms with van der Waals surface area (Å²) in [5, 5.41) is 13.7. The van der Waals surface area contributed by atoms with Crippen LogP contribution in [0.3, 0.4) is 0 Å². The van der Waals surface area contributed by atoms with E-state index in [1.165, 1.54) is 0 Å². The average molecular weight is 352 g/mol. The molecule has 0 aromatic heterocycles. The number of alkyl carbamates (subject to hydrolysis) is 1. The second kappa shape index (κ2) is 10.5. The molecular formula is C17H28N4O4. The number of benzene rings is 1. The Hall–Kier alpha value is -2.32. The van der Waals surface area contributed by atoms with Gasteiger partial charge in [-0.1, -0.05) is 0 Å². The number of carbonyl (C=O) groups is 1. The van der Waals surface area contributed by atoms with Crippen molar-refractivity contribution >= 4 is 11.9 Å². The summed E-state index contributed by atoms with van der Waals surface area (Å²) in [5.74, 6) is 5.93. The Bertz CT molecular complexity index is 541. The van der Waals surface area contributed by atoms with Crippen molar-refractivity contribution in [3.63, 3.8) is 0 Å². The van der Waals surface area contributed by atoms with Gasteiger partial charge < -0.3 is 24.9 Å². The van der Waals surface area contributed by atoms with Gasteiger partial charge in [0.15, 0.2) is 0 Å². The van der Waals surface area contributed by atoms with Crippen LogP contribution in [0.25, 0.3) is 0 Å². The molecule has 0 bridgehead atoms. The molecule has 1 aromatic rings. The van der Waals surface area contributed by atoms with E-state index in [0.717, 1.165) is 5.56 Å². The first-order valence-electron chi connectivity index (χ1n) is 8.16. The number of amides is 1. The zero-order chi connectivity index (χ0) is 18.7. The Morgan fingerprint density at radius 1 is 1.12 bits per heavy atom. The lowest BCUT2D eigenvalue weighted by Crippen LogP contribution is -2.34. The molecule has 0 heterocycles. The van der Waals surface area contributed by atoms with Crippen LogP contribution in [-0.2, 0) is 9.57 Å². The molecule has 1 aromatic carbocycles. The van der Waals surface area contributed by atoms with Crippen molar-refractivity contribution in [1.29, 1.82) is 5.41 Å². The number of nitrogens with two attached hydrogens (primary N) is 1. The number of ether oxygens (including phenoxy) is 2. The van der Waals surface area contributed by atoms with Crippen molar-refractivity contribution in [1.82, 2.24) is 10.6 Å². The zero-order valence-electron chi connectivity index (χ0n) is 15.1. The van der Waals surface area contributed by atoms with Crippen LogP contribution >= 0.6 is 0 Å².